The number of furan rings is 1. The first-order chi connectivity index (χ1) is 10.8. The minimum Gasteiger partial charge on any atom is -0.465 e. The Morgan fingerprint density at radius 3 is 2.50 bits per heavy atom. The standard InChI is InChI=1S/C19H25NO2/c1-2-18-7-8-19(22-18)13-20-10-9-17(12-20)11-15-3-5-16(14-21)6-4-15/h3-8,17,21H,2,9-14H2,1H3/t17-/m0/s1. The highest BCUT2D eigenvalue weighted by molar-refractivity contribution is 5.22. The molecule has 3 heteroatoms. The molecule has 22 heavy (non-hydrogen) atoms. The Balaban J connectivity index is 1.51. The summed E-state index contributed by atoms with van der Waals surface area (Å²) in [4.78, 5) is 2.49. The molecule has 3 rings (SSSR count). The van der Waals surface area contributed by atoms with Crippen LogP contribution in [0, 0.1) is 5.92 Å². The zero-order chi connectivity index (χ0) is 15.4. The predicted molar refractivity (Wildman–Crippen MR) is 87.5 cm³/mol. The molecule has 0 bridgehead atoms. The number of nitrogens with zero attached hydrogens (tertiary/aromatic N) is 1. The van der Waals surface area contributed by atoms with Crippen molar-refractivity contribution in [2.75, 3.05) is 13.1 Å². The molecule has 118 valence electrons. The van der Waals surface area contributed by atoms with Gasteiger partial charge in [0.1, 0.15) is 11.5 Å². The molecule has 1 aliphatic rings. The van der Waals surface area contributed by atoms with Gasteiger partial charge in [0.05, 0.1) is 13.2 Å². The van der Waals surface area contributed by atoms with E-state index in [2.05, 4.69) is 36.1 Å². The van der Waals surface area contributed by atoms with Gasteiger partial charge in [-0.2, -0.15) is 0 Å². The van der Waals surface area contributed by atoms with E-state index in [-0.39, 0.29) is 6.61 Å². The molecule has 3 nitrogen and oxygen atoms in total. The van der Waals surface area contributed by atoms with Crippen molar-refractivity contribution in [1.82, 2.24) is 4.90 Å². The van der Waals surface area contributed by atoms with Gasteiger partial charge in [-0.1, -0.05) is 31.2 Å². The van der Waals surface area contributed by atoms with E-state index in [0.29, 0.717) is 0 Å². The molecule has 2 heterocycles. The molecular formula is C19H25NO2. The van der Waals surface area contributed by atoms with Crippen molar-refractivity contribution >= 4 is 0 Å². The number of aliphatic hydroxyl groups is 1. The Kier molecular flexibility index (Phi) is 4.96. The SMILES string of the molecule is CCc1ccc(CN2CC[C@@H](Cc3ccc(CO)cc3)C2)o1. The zero-order valence-corrected chi connectivity index (χ0v) is 13.3. The molecule has 1 atom stereocenters. The Morgan fingerprint density at radius 2 is 1.82 bits per heavy atom. The normalized spacial score (nSPS) is 18.9. The molecule has 0 amide bonds. The molecule has 0 spiro atoms. The Labute approximate surface area is 132 Å². The van der Waals surface area contributed by atoms with E-state index in [0.717, 1.165) is 55.5 Å². The lowest BCUT2D eigenvalue weighted by atomic mass is 9.98. The van der Waals surface area contributed by atoms with Crippen molar-refractivity contribution in [1.29, 1.82) is 0 Å². The molecule has 1 N–H and O–H groups in total. The summed E-state index contributed by atoms with van der Waals surface area (Å²) in [6.07, 6.45) is 3.34. The molecule has 1 aromatic heterocycles. The third-order valence-electron chi connectivity index (χ3n) is 4.55. The number of rotatable bonds is 6. The topological polar surface area (TPSA) is 36.6 Å². The molecule has 0 unspecified atom stereocenters. The molecule has 2 aromatic rings. The summed E-state index contributed by atoms with van der Waals surface area (Å²) >= 11 is 0. The van der Waals surface area contributed by atoms with Crippen LogP contribution in [0.5, 0.6) is 0 Å². The van der Waals surface area contributed by atoms with Crippen LogP contribution in [0.25, 0.3) is 0 Å². The van der Waals surface area contributed by atoms with Gasteiger partial charge >= 0.3 is 0 Å². The summed E-state index contributed by atoms with van der Waals surface area (Å²) in [5.41, 5.74) is 2.36. The minimum absolute atomic E-state index is 0.125. The second-order valence-corrected chi connectivity index (χ2v) is 6.29. The average Bonchev–Trinajstić information content (AvgIpc) is 3.18. The number of hydrogen-bond acceptors (Lipinski definition) is 3. The van der Waals surface area contributed by atoms with Gasteiger partial charge < -0.3 is 9.52 Å². The quantitative estimate of drug-likeness (QED) is 0.888. The van der Waals surface area contributed by atoms with Gasteiger partial charge in [0, 0.05) is 13.0 Å². The van der Waals surface area contributed by atoms with E-state index in [1.807, 2.05) is 12.1 Å². The number of aryl methyl sites for hydroxylation is 1. The Hall–Kier alpha value is -1.58. The molecule has 1 saturated heterocycles. The van der Waals surface area contributed by atoms with Crippen LogP contribution in [0.3, 0.4) is 0 Å². The lowest BCUT2D eigenvalue weighted by molar-refractivity contribution is 0.281. The van der Waals surface area contributed by atoms with E-state index in [9.17, 15) is 0 Å². The first-order valence-electron chi connectivity index (χ1n) is 8.25. The summed E-state index contributed by atoms with van der Waals surface area (Å²) in [5, 5.41) is 9.09. The van der Waals surface area contributed by atoms with E-state index >= 15 is 0 Å². The number of hydrogen-bond donors (Lipinski definition) is 1. The highest BCUT2D eigenvalue weighted by Crippen LogP contribution is 2.23. The van der Waals surface area contributed by atoms with E-state index in [1.54, 1.807) is 0 Å². The first-order valence-corrected chi connectivity index (χ1v) is 8.25. The lowest BCUT2D eigenvalue weighted by Gasteiger charge is -2.14. The van der Waals surface area contributed by atoms with Crippen LogP contribution >= 0.6 is 0 Å². The minimum atomic E-state index is 0.125. The van der Waals surface area contributed by atoms with Crippen LogP contribution in [-0.2, 0) is 26.0 Å². The van der Waals surface area contributed by atoms with Gasteiger partial charge in [0.15, 0.2) is 0 Å². The van der Waals surface area contributed by atoms with Crippen LogP contribution in [0.1, 0.15) is 36.0 Å². The zero-order valence-electron chi connectivity index (χ0n) is 13.3. The maximum atomic E-state index is 9.09. The predicted octanol–water partition coefficient (Wildman–Crippen LogP) is 3.40. The maximum absolute atomic E-state index is 9.09. The van der Waals surface area contributed by atoms with Crippen LogP contribution in [0.15, 0.2) is 40.8 Å². The van der Waals surface area contributed by atoms with Gasteiger partial charge in [-0.25, -0.2) is 0 Å². The van der Waals surface area contributed by atoms with Crippen LogP contribution in [0.2, 0.25) is 0 Å². The lowest BCUT2D eigenvalue weighted by Crippen LogP contribution is -2.20. The molecular weight excluding hydrogens is 274 g/mol. The smallest absolute Gasteiger partial charge is 0.118 e. The van der Waals surface area contributed by atoms with Crippen LogP contribution in [0.4, 0.5) is 0 Å². The van der Waals surface area contributed by atoms with Crippen LogP contribution < -0.4 is 0 Å². The van der Waals surface area contributed by atoms with Crippen molar-refractivity contribution < 1.29 is 9.52 Å². The Bertz CT molecular complexity index is 588. The summed E-state index contributed by atoms with van der Waals surface area (Å²) in [6, 6.07) is 12.5. The van der Waals surface area contributed by atoms with Gasteiger partial charge in [-0.05, 0) is 48.6 Å². The second-order valence-electron chi connectivity index (χ2n) is 6.29. The number of aliphatic hydroxyl groups excluding tert-OH is 1. The molecule has 0 radical (unpaired) electrons. The Morgan fingerprint density at radius 1 is 1.09 bits per heavy atom. The second kappa shape index (κ2) is 7.12. The summed E-state index contributed by atoms with van der Waals surface area (Å²) in [6.45, 7) is 5.47. The first kappa shape index (κ1) is 15.3. The largest absolute Gasteiger partial charge is 0.465 e. The van der Waals surface area contributed by atoms with E-state index < -0.39 is 0 Å². The van der Waals surface area contributed by atoms with E-state index in [4.69, 9.17) is 9.52 Å². The maximum Gasteiger partial charge on any atom is 0.118 e. The fourth-order valence-corrected chi connectivity index (χ4v) is 3.25. The summed E-state index contributed by atoms with van der Waals surface area (Å²) < 4.78 is 5.81. The molecule has 0 aliphatic carbocycles. The van der Waals surface area contributed by atoms with Gasteiger partial charge in [0.25, 0.3) is 0 Å². The summed E-state index contributed by atoms with van der Waals surface area (Å²) in [5.74, 6) is 2.89. The number of benzene rings is 1. The monoisotopic (exact) mass is 299 g/mol. The van der Waals surface area contributed by atoms with Gasteiger partial charge in [-0.3, -0.25) is 4.90 Å². The van der Waals surface area contributed by atoms with Gasteiger partial charge in [-0.15, -0.1) is 0 Å². The van der Waals surface area contributed by atoms with Crippen molar-refractivity contribution in [3.63, 3.8) is 0 Å². The molecule has 1 fully saturated rings. The van der Waals surface area contributed by atoms with Crippen LogP contribution in [-0.4, -0.2) is 23.1 Å². The number of likely N-dealkylation sites (tertiary alicyclic amines) is 1. The third kappa shape index (κ3) is 3.79. The highest BCUT2D eigenvalue weighted by Gasteiger charge is 2.23. The van der Waals surface area contributed by atoms with Crippen molar-refractivity contribution in [3.8, 4) is 0 Å². The molecule has 1 aromatic carbocycles. The average molecular weight is 299 g/mol. The molecule has 0 saturated carbocycles. The third-order valence-corrected chi connectivity index (χ3v) is 4.55. The van der Waals surface area contributed by atoms with Crippen molar-refractivity contribution in [2.24, 2.45) is 5.92 Å². The fraction of sp³-hybridized carbons (Fsp3) is 0.474. The fourth-order valence-electron chi connectivity index (χ4n) is 3.25. The van der Waals surface area contributed by atoms with E-state index in [1.165, 1.54) is 12.0 Å². The van der Waals surface area contributed by atoms with Crippen molar-refractivity contribution in [2.45, 2.75) is 39.3 Å². The summed E-state index contributed by atoms with van der Waals surface area (Å²) in [7, 11) is 0. The molecule has 1 aliphatic heterocycles. The highest BCUT2D eigenvalue weighted by atomic mass is 16.3. The van der Waals surface area contributed by atoms with Gasteiger partial charge in [0.2, 0.25) is 0 Å². The van der Waals surface area contributed by atoms with Crippen molar-refractivity contribution in [3.05, 3.63) is 59.0 Å².